The summed E-state index contributed by atoms with van der Waals surface area (Å²) < 4.78 is 61.8. The van der Waals surface area contributed by atoms with Crippen LogP contribution in [0.1, 0.15) is 92.9 Å². The second kappa shape index (κ2) is 32.3. The van der Waals surface area contributed by atoms with E-state index < -0.39 is 22.2 Å². The molecule has 84 heavy (non-hydrogen) atoms. The summed E-state index contributed by atoms with van der Waals surface area (Å²) in [4.78, 5) is 75.1. The number of carbonyl (C=O) groups excluding carboxylic acids is 4. The topological polar surface area (TPSA) is 225 Å². The van der Waals surface area contributed by atoms with Gasteiger partial charge in [-0.05, 0) is 150 Å². The van der Waals surface area contributed by atoms with Crippen LogP contribution in [0.15, 0.2) is 116 Å². The first-order valence-electron chi connectivity index (χ1n) is 25.7. The summed E-state index contributed by atoms with van der Waals surface area (Å²) in [5, 5.41) is 6.03. The van der Waals surface area contributed by atoms with Gasteiger partial charge in [-0.15, -0.1) is 23.5 Å². The van der Waals surface area contributed by atoms with Crippen LogP contribution in [0.5, 0.6) is 34.5 Å². The normalized spacial score (nSPS) is 13.6. The standard InChI is InChI=1S/C30H31NO6S2.C29H31NO8S2.C2H4OS.K/c1-17(32)39-16-18-7-6-8-20(13-18)30(34)31-23-11-9-19-14-25(35-2)28(36-3)29(37-4)27(19)21-10-12-26(38-5)24(33)15-22(21)23;1-35-24-14-18-9-11-22(30-29(32)19-8-6-7-17(13-19)16-38-40(5,33)34)21-15-23(31)25(39-4)12-10-20(21)26(18)28(37-3)27(24)36-2;1-2(3)4;/h6-8,10,12-15,23H,9,11,16H2,1-5H3,(H,31,34);6-8,10,12-15,22H,9,11,16H2,1-5H3,(H,30,32);1H3,(H,3,4);/q;;;+1/p-1/t23-;22-;;/m00../s1. The van der Waals surface area contributed by atoms with Crippen molar-refractivity contribution in [2.45, 2.75) is 73.8 Å². The zero-order chi connectivity index (χ0) is 60.7. The second-order valence-corrected chi connectivity index (χ2v) is 23.8. The molecule has 0 radical (unpaired) electrons. The van der Waals surface area contributed by atoms with Gasteiger partial charge in [0.25, 0.3) is 21.9 Å². The van der Waals surface area contributed by atoms with Crippen LogP contribution in [0.25, 0.3) is 22.3 Å². The van der Waals surface area contributed by atoms with E-state index in [1.54, 1.807) is 90.1 Å². The van der Waals surface area contributed by atoms with Crippen molar-refractivity contribution < 1.29 is 112 Å². The zero-order valence-electron chi connectivity index (χ0n) is 48.8. The van der Waals surface area contributed by atoms with E-state index in [9.17, 15) is 37.2 Å². The fraction of sp³-hybridized carbons (Fsp3) is 0.311. The Bertz CT molecular complexity index is 3660. The van der Waals surface area contributed by atoms with Gasteiger partial charge in [0.2, 0.25) is 11.5 Å². The molecule has 17 nitrogen and oxygen atoms in total. The summed E-state index contributed by atoms with van der Waals surface area (Å²) in [5.41, 5.74) is 8.35. The number of carbonyl (C=O) groups is 4. The van der Waals surface area contributed by atoms with Crippen LogP contribution in [0.4, 0.5) is 0 Å². The Morgan fingerprint density at radius 3 is 1.36 bits per heavy atom. The first-order valence-corrected chi connectivity index (χ1v) is 31.3. The van der Waals surface area contributed by atoms with Gasteiger partial charge < -0.3 is 56.5 Å². The molecule has 0 saturated heterocycles. The average Bonchev–Trinajstić information content (AvgIpc) is 2.11. The first-order chi connectivity index (χ1) is 39.6. The number of ether oxygens (including phenoxy) is 6. The SMILES string of the molecule is CC(=O)[S-].COc1cc2c(c(OC)c1OC)-c1ccc(SC)c(=O)cc1[C@@H](NC(=O)c1cccc(COS(C)(=O)=O)c1)CC2.COc1cc2c(c(OC)c1OC)-c1ccc(SC)c(=O)cc1[C@@H](NC(=O)c1cccc(CSC(C)=O)c1)CC2.[K+]. The second-order valence-electron chi connectivity index (χ2n) is 18.7. The van der Waals surface area contributed by atoms with Crippen molar-refractivity contribution in [1.29, 1.82) is 0 Å². The molecule has 0 bridgehead atoms. The van der Waals surface area contributed by atoms with Crippen LogP contribution in [-0.2, 0) is 61.7 Å². The van der Waals surface area contributed by atoms with Crippen LogP contribution in [0.2, 0.25) is 0 Å². The van der Waals surface area contributed by atoms with Gasteiger partial charge in [-0.2, -0.15) is 8.42 Å². The summed E-state index contributed by atoms with van der Waals surface area (Å²) >= 11 is 7.91. The van der Waals surface area contributed by atoms with Gasteiger partial charge in [0, 0.05) is 40.0 Å². The third-order valence-corrected chi connectivity index (χ3v) is 16.3. The number of thioether (sulfide) groups is 3. The molecule has 6 aromatic rings. The van der Waals surface area contributed by atoms with Crippen molar-refractivity contribution in [2.24, 2.45) is 0 Å². The number of nitrogens with one attached hydrogen (secondary N) is 2. The van der Waals surface area contributed by atoms with Crippen molar-refractivity contribution in [3.05, 3.63) is 162 Å². The molecular formula is C61H65KN2O15S5. The third kappa shape index (κ3) is 17.6. The van der Waals surface area contributed by atoms with E-state index in [0.717, 1.165) is 45.2 Å². The molecule has 2 aliphatic rings. The van der Waals surface area contributed by atoms with E-state index in [-0.39, 0.29) is 90.9 Å². The first kappa shape index (κ1) is 69.3. The smallest absolute Gasteiger partial charge is 0.742 e. The van der Waals surface area contributed by atoms with Crippen LogP contribution < -0.4 is 101 Å². The van der Waals surface area contributed by atoms with E-state index in [1.165, 1.54) is 56.2 Å². The average molecular weight is 1270 g/mol. The van der Waals surface area contributed by atoms with E-state index in [0.29, 0.717) is 104 Å². The van der Waals surface area contributed by atoms with Crippen molar-refractivity contribution in [2.75, 3.05) is 61.4 Å². The Morgan fingerprint density at radius 1 is 0.583 bits per heavy atom. The monoisotopic (exact) mass is 1260 g/mol. The maximum absolute atomic E-state index is 13.5. The molecule has 6 aromatic carbocycles. The van der Waals surface area contributed by atoms with Crippen molar-refractivity contribution in [3.8, 4) is 56.8 Å². The van der Waals surface area contributed by atoms with Crippen molar-refractivity contribution in [1.82, 2.24) is 10.6 Å². The number of aryl methyl sites for hydroxylation is 2. The van der Waals surface area contributed by atoms with Gasteiger partial charge in [0.1, 0.15) is 0 Å². The fourth-order valence-corrected chi connectivity index (χ4v) is 11.5. The molecule has 0 unspecified atom stereocenters. The minimum Gasteiger partial charge on any atom is -0.742 e. The number of amides is 2. The largest absolute Gasteiger partial charge is 1.00 e. The van der Waals surface area contributed by atoms with Gasteiger partial charge in [0.05, 0.1) is 77.4 Å². The Kier molecular flexibility index (Phi) is 26.7. The zero-order valence-corrected chi connectivity index (χ0v) is 56.0. The Hall–Kier alpha value is -5.44. The summed E-state index contributed by atoms with van der Waals surface area (Å²) in [7, 11) is 5.73. The predicted molar refractivity (Wildman–Crippen MR) is 329 cm³/mol. The Morgan fingerprint density at radius 2 is 0.988 bits per heavy atom. The Labute approximate surface area is 550 Å². The minimum atomic E-state index is -3.63. The number of benzene rings is 4. The number of hydrogen-bond donors (Lipinski definition) is 2. The summed E-state index contributed by atoms with van der Waals surface area (Å²) in [6.45, 7) is 2.68. The molecule has 8 rings (SSSR count). The van der Waals surface area contributed by atoms with E-state index >= 15 is 0 Å². The molecule has 440 valence electrons. The molecule has 0 fully saturated rings. The maximum atomic E-state index is 13.5. The molecule has 0 spiro atoms. The number of methoxy groups -OCH3 is 6. The molecule has 23 heteroatoms. The van der Waals surface area contributed by atoms with Crippen LogP contribution in [0, 0.1) is 0 Å². The Balaban J connectivity index is 0.000000286. The molecule has 0 saturated carbocycles. The van der Waals surface area contributed by atoms with Gasteiger partial charge in [-0.25, -0.2) is 0 Å². The number of rotatable bonds is 17. The summed E-state index contributed by atoms with van der Waals surface area (Å²) in [6, 6.07) is 27.3. The van der Waals surface area contributed by atoms with Crippen LogP contribution in [0.3, 0.4) is 0 Å². The van der Waals surface area contributed by atoms with E-state index in [4.69, 9.17) is 32.6 Å². The van der Waals surface area contributed by atoms with E-state index in [2.05, 4.69) is 23.3 Å². The minimum absolute atomic E-state index is 0. The molecule has 2 amide bonds. The van der Waals surface area contributed by atoms with Gasteiger partial charge in [-0.1, -0.05) is 48.2 Å². The van der Waals surface area contributed by atoms with Gasteiger partial charge in [-0.3, -0.25) is 28.2 Å². The van der Waals surface area contributed by atoms with Crippen LogP contribution >= 0.6 is 35.3 Å². The fourth-order valence-electron chi connectivity index (χ4n) is 9.68. The third-order valence-electron chi connectivity index (χ3n) is 13.3. The summed E-state index contributed by atoms with van der Waals surface area (Å²) in [6.07, 6.45) is 6.89. The molecule has 0 heterocycles. The van der Waals surface area contributed by atoms with E-state index in [1.807, 2.05) is 55.0 Å². The molecule has 2 atom stereocenters. The number of hydrogen-bond acceptors (Lipinski definition) is 19. The predicted octanol–water partition coefficient (Wildman–Crippen LogP) is 7.10. The summed E-state index contributed by atoms with van der Waals surface area (Å²) in [5.74, 6) is 2.83. The van der Waals surface area contributed by atoms with Crippen molar-refractivity contribution in [3.63, 3.8) is 0 Å². The molecular weight excluding hydrogens is 1200 g/mol. The molecule has 2 N–H and O–H groups in total. The molecule has 2 aliphatic carbocycles. The van der Waals surface area contributed by atoms with Gasteiger partial charge >= 0.3 is 51.4 Å². The van der Waals surface area contributed by atoms with Crippen molar-refractivity contribution >= 4 is 80.1 Å². The molecule has 0 aromatic heterocycles. The molecule has 0 aliphatic heterocycles. The quantitative estimate of drug-likeness (QED) is 0.0402. The van der Waals surface area contributed by atoms with Gasteiger partial charge in [0.15, 0.2) is 39.0 Å². The number of fused-ring (bicyclic) bond motifs is 6. The maximum Gasteiger partial charge on any atom is 1.00 e. The van der Waals surface area contributed by atoms with Crippen LogP contribution in [-0.4, -0.2) is 91.9 Å².